The third-order valence-corrected chi connectivity index (χ3v) is 3.93. The molecule has 126 valence electrons. The van der Waals surface area contributed by atoms with E-state index < -0.39 is 35.3 Å². The van der Waals surface area contributed by atoms with Gasteiger partial charge in [0.15, 0.2) is 0 Å². The number of ether oxygens (including phenoxy) is 1. The smallest absolute Gasteiger partial charge is 0.353 e. The van der Waals surface area contributed by atoms with Crippen LogP contribution in [0.5, 0.6) is 5.75 Å². The van der Waals surface area contributed by atoms with Crippen molar-refractivity contribution >= 4 is 11.9 Å². The number of aliphatic carboxylic acids is 1. The fourth-order valence-electron chi connectivity index (χ4n) is 2.74. The summed E-state index contributed by atoms with van der Waals surface area (Å²) in [5.41, 5.74) is -0.493. The van der Waals surface area contributed by atoms with Gasteiger partial charge in [-0.05, 0) is 38.3 Å². The quantitative estimate of drug-likeness (QED) is 0.842. The van der Waals surface area contributed by atoms with Crippen LogP contribution in [0.15, 0.2) is 24.3 Å². The topological polar surface area (TPSA) is 75.6 Å². The number of carboxylic acids is 1. The number of halogens is 2. The van der Waals surface area contributed by atoms with Crippen molar-refractivity contribution in [2.24, 2.45) is 5.92 Å². The van der Waals surface area contributed by atoms with E-state index in [1.165, 1.54) is 12.1 Å². The van der Waals surface area contributed by atoms with Gasteiger partial charge in [0.25, 0.3) is 5.91 Å². The van der Waals surface area contributed by atoms with Crippen molar-refractivity contribution in [2.45, 2.75) is 38.2 Å². The molecule has 0 aliphatic heterocycles. The Balaban J connectivity index is 2.10. The molecule has 1 fully saturated rings. The van der Waals surface area contributed by atoms with Crippen LogP contribution >= 0.6 is 0 Å². The zero-order chi connectivity index (χ0) is 17.0. The highest BCUT2D eigenvalue weighted by molar-refractivity contribution is 5.86. The number of alkyl halides is 2. The van der Waals surface area contributed by atoms with E-state index in [1.807, 2.05) is 0 Å². The Morgan fingerprint density at radius 3 is 2.65 bits per heavy atom. The van der Waals surface area contributed by atoms with Gasteiger partial charge in [-0.2, -0.15) is 8.78 Å². The number of rotatable bonds is 6. The lowest BCUT2D eigenvalue weighted by atomic mass is 10.1. The molecule has 0 unspecified atom stereocenters. The first-order valence-electron chi connectivity index (χ1n) is 7.50. The van der Waals surface area contributed by atoms with E-state index in [0.717, 1.165) is 6.07 Å². The summed E-state index contributed by atoms with van der Waals surface area (Å²) in [7, 11) is 0. The minimum atomic E-state index is -3.74. The third-order valence-electron chi connectivity index (χ3n) is 3.93. The normalized spacial score (nSPS) is 21.0. The molecule has 1 aromatic rings. The highest BCUT2D eigenvalue weighted by atomic mass is 19.3. The number of amides is 1. The van der Waals surface area contributed by atoms with Crippen molar-refractivity contribution in [3.63, 3.8) is 0 Å². The van der Waals surface area contributed by atoms with Gasteiger partial charge in [-0.15, -0.1) is 0 Å². The number of nitrogens with one attached hydrogen (secondary N) is 1. The molecule has 1 aliphatic rings. The lowest BCUT2D eigenvalue weighted by Crippen LogP contribution is -2.43. The minimum absolute atomic E-state index is 0.0371. The van der Waals surface area contributed by atoms with Gasteiger partial charge in [-0.3, -0.25) is 9.59 Å². The molecule has 23 heavy (non-hydrogen) atoms. The van der Waals surface area contributed by atoms with Gasteiger partial charge in [0.2, 0.25) is 0 Å². The third kappa shape index (κ3) is 3.78. The van der Waals surface area contributed by atoms with Gasteiger partial charge in [0.05, 0.1) is 18.1 Å². The van der Waals surface area contributed by atoms with Gasteiger partial charge in [-0.25, -0.2) is 0 Å². The molecule has 2 rings (SSSR count). The van der Waals surface area contributed by atoms with Crippen molar-refractivity contribution in [1.29, 1.82) is 0 Å². The van der Waals surface area contributed by atoms with E-state index in [0.29, 0.717) is 12.8 Å². The van der Waals surface area contributed by atoms with Crippen LogP contribution in [0.1, 0.15) is 31.7 Å². The summed E-state index contributed by atoms with van der Waals surface area (Å²) in [4.78, 5) is 22.9. The average Bonchev–Trinajstić information content (AvgIpc) is 2.97. The largest absolute Gasteiger partial charge is 0.493 e. The van der Waals surface area contributed by atoms with Gasteiger partial charge in [0.1, 0.15) is 5.75 Å². The highest BCUT2D eigenvalue weighted by Crippen LogP contribution is 2.36. The molecule has 0 spiro atoms. The van der Waals surface area contributed by atoms with E-state index in [9.17, 15) is 18.4 Å². The van der Waals surface area contributed by atoms with Gasteiger partial charge in [0, 0.05) is 6.04 Å². The number of carbonyl (C=O) groups is 2. The van der Waals surface area contributed by atoms with Crippen molar-refractivity contribution in [2.75, 3.05) is 6.61 Å². The number of carboxylic acid groups (broad SMARTS) is 1. The molecule has 0 saturated heterocycles. The second kappa shape index (κ2) is 6.93. The summed E-state index contributed by atoms with van der Waals surface area (Å²) < 4.78 is 34.0. The van der Waals surface area contributed by atoms with Crippen LogP contribution in [0.25, 0.3) is 0 Å². The first kappa shape index (κ1) is 17.2. The maximum Gasteiger partial charge on any atom is 0.353 e. The standard InChI is InChI=1S/C16H19F2NO4/c1-2-23-13-6-4-3-5-12(13)16(17,18)15(22)19-11-8-7-10(9-11)14(20)21/h3-6,10-11H,2,7-9H2,1H3,(H,19,22)(H,20,21)/t10-,11+/m1/s1. The fraction of sp³-hybridized carbons (Fsp3) is 0.500. The number of hydrogen-bond acceptors (Lipinski definition) is 3. The van der Waals surface area contributed by atoms with Crippen LogP contribution in [-0.4, -0.2) is 29.6 Å². The molecule has 2 atom stereocenters. The monoisotopic (exact) mass is 327 g/mol. The molecular weight excluding hydrogens is 308 g/mol. The highest BCUT2D eigenvalue weighted by Gasteiger charge is 2.45. The van der Waals surface area contributed by atoms with Crippen LogP contribution < -0.4 is 10.1 Å². The molecule has 0 bridgehead atoms. The van der Waals surface area contributed by atoms with Crippen LogP contribution in [0, 0.1) is 5.92 Å². The van der Waals surface area contributed by atoms with E-state index in [2.05, 4.69) is 5.32 Å². The number of benzene rings is 1. The second-order valence-corrected chi connectivity index (χ2v) is 5.52. The molecule has 1 aromatic carbocycles. The summed E-state index contributed by atoms with van der Waals surface area (Å²) in [6.45, 7) is 1.87. The summed E-state index contributed by atoms with van der Waals surface area (Å²) in [5.74, 6) is -6.77. The maximum absolute atomic E-state index is 14.4. The zero-order valence-corrected chi connectivity index (χ0v) is 12.7. The SMILES string of the molecule is CCOc1ccccc1C(F)(F)C(=O)N[C@H]1CC[C@@H](C(=O)O)C1. The predicted molar refractivity (Wildman–Crippen MR) is 78.4 cm³/mol. The lowest BCUT2D eigenvalue weighted by molar-refractivity contribution is -0.148. The zero-order valence-electron chi connectivity index (χ0n) is 12.7. The number of hydrogen-bond donors (Lipinski definition) is 2. The molecule has 0 radical (unpaired) electrons. The summed E-state index contributed by atoms with van der Waals surface area (Å²) in [5, 5.41) is 11.2. The maximum atomic E-state index is 14.4. The number of carbonyl (C=O) groups excluding carboxylic acids is 1. The number of para-hydroxylation sites is 1. The molecule has 0 heterocycles. The van der Waals surface area contributed by atoms with Gasteiger partial charge >= 0.3 is 11.9 Å². The molecule has 1 aliphatic carbocycles. The summed E-state index contributed by atoms with van der Waals surface area (Å²) >= 11 is 0. The van der Waals surface area contributed by atoms with E-state index >= 15 is 0 Å². The molecular formula is C16H19F2NO4. The Labute approximate surface area is 132 Å². The Bertz CT molecular complexity index is 591. The Morgan fingerprint density at radius 1 is 1.35 bits per heavy atom. The molecule has 1 amide bonds. The Kier molecular flexibility index (Phi) is 5.18. The van der Waals surface area contributed by atoms with Crippen LogP contribution in [-0.2, 0) is 15.5 Å². The fourth-order valence-corrected chi connectivity index (χ4v) is 2.74. The Morgan fingerprint density at radius 2 is 2.04 bits per heavy atom. The molecule has 2 N–H and O–H groups in total. The van der Waals surface area contributed by atoms with Crippen molar-refractivity contribution in [3.05, 3.63) is 29.8 Å². The second-order valence-electron chi connectivity index (χ2n) is 5.52. The minimum Gasteiger partial charge on any atom is -0.493 e. The molecule has 0 aromatic heterocycles. The lowest BCUT2D eigenvalue weighted by Gasteiger charge is -2.21. The Hall–Kier alpha value is -2.18. The van der Waals surface area contributed by atoms with Gasteiger partial charge in [-0.1, -0.05) is 12.1 Å². The van der Waals surface area contributed by atoms with E-state index in [4.69, 9.17) is 9.84 Å². The van der Waals surface area contributed by atoms with Crippen LogP contribution in [0.2, 0.25) is 0 Å². The first-order valence-corrected chi connectivity index (χ1v) is 7.50. The van der Waals surface area contributed by atoms with Gasteiger partial charge < -0.3 is 15.2 Å². The van der Waals surface area contributed by atoms with Crippen molar-refractivity contribution in [3.8, 4) is 5.75 Å². The van der Waals surface area contributed by atoms with Crippen molar-refractivity contribution in [1.82, 2.24) is 5.32 Å². The molecule has 7 heteroatoms. The summed E-state index contributed by atoms with van der Waals surface area (Å²) in [6, 6.07) is 4.95. The average molecular weight is 327 g/mol. The van der Waals surface area contributed by atoms with E-state index in [-0.39, 0.29) is 18.8 Å². The van der Waals surface area contributed by atoms with Crippen LogP contribution in [0.3, 0.4) is 0 Å². The molecule has 1 saturated carbocycles. The molecule has 5 nitrogen and oxygen atoms in total. The summed E-state index contributed by atoms with van der Waals surface area (Å²) in [6.07, 6.45) is 0.928. The first-order chi connectivity index (χ1) is 10.9. The predicted octanol–water partition coefficient (Wildman–Crippen LogP) is 2.55. The van der Waals surface area contributed by atoms with Crippen LogP contribution in [0.4, 0.5) is 8.78 Å². The van der Waals surface area contributed by atoms with Crippen molar-refractivity contribution < 1.29 is 28.2 Å². The van der Waals surface area contributed by atoms with E-state index in [1.54, 1.807) is 13.0 Å².